The van der Waals surface area contributed by atoms with E-state index in [2.05, 4.69) is 15.3 Å². The molecule has 1 aliphatic rings. The third kappa shape index (κ3) is 2.87. The first-order valence-corrected chi connectivity index (χ1v) is 5.69. The number of aromatic nitrogens is 2. The van der Waals surface area contributed by atoms with Crippen LogP contribution in [-0.4, -0.2) is 22.7 Å². The molecule has 1 N–H and O–H groups in total. The third-order valence-electron chi connectivity index (χ3n) is 2.68. The Labute approximate surface area is 97.5 Å². The molecule has 0 aliphatic heterocycles. The molecule has 0 bridgehead atoms. The molecule has 1 heterocycles. The van der Waals surface area contributed by atoms with Crippen molar-refractivity contribution in [3.8, 4) is 0 Å². The predicted octanol–water partition coefficient (Wildman–Crippen LogP) is 2.50. The van der Waals surface area contributed by atoms with E-state index in [-0.39, 0.29) is 5.82 Å². The van der Waals surface area contributed by atoms with Crippen LogP contribution in [0, 0.1) is 0 Å². The summed E-state index contributed by atoms with van der Waals surface area (Å²) in [7, 11) is 0. The lowest BCUT2D eigenvalue weighted by Crippen LogP contribution is -2.16. The summed E-state index contributed by atoms with van der Waals surface area (Å²) in [6, 6.07) is 0. The van der Waals surface area contributed by atoms with Crippen LogP contribution >= 0.6 is 0 Å². The Morgan fingerprint density at radius 1 is 1.24 bits per heavy atom. The van der Waals surface area contributed by atoms with E-state index >= 15 is 0 Å². The van der Waals surface area contributed by atoms with Gasteiger partial charge >= 0.3 is 6.18 Å². The molecular weight excluding hydrogens is 231 g/mol. The molecule has 3 nitrogen and oxygen atoms in total. The van der Waals surface area contributed by atoms with Gasteiger partial charge in [-0.2, -0.15) is 13.2 Å². The second-order valence-corrected chi connectivity index (χ2v) is 4.09. The monoisotopic (exact) mass is 245 g/mol. The summed E-state index contributed by atoms with van der Waals surface area (Å²) in [5, 5.41) is 3.02. The number of fused-ring (bicyclic) bond motifs is 1. The van der Waals surface area contributed by atoms with E-state index in [1.165, 1.54) is 0 Å². The number of halogens is 3. The van der Waals surface area contributed by atoms with Crippen LogP contribution in [-0.2, 0) is 19.3 Å². The Bertz CT molecular complexity index is 415. The maximum Gasteiger partial charge on any atom is 0.396 e. The molecule has 1 aliphatic carbocycles. The summed E-state index contributed by atoms with van der Waals surface area (Å²) in [6.07, 6.45) is -2.77. The standard InChI is InChI=1S/C11H14F3N3/c1-2-15-10-7-4-3-5-8(7)16-9(17-10)6-11(12,13)14/h2-6H2,1H3,(H,15,16,17). The Morgan fingerprint density at radius 3 is 2.65 bits per heavy atom. The van der Waals surface area contributed by atoms with Gasteiger partial charge in [0.05, 0.1) is 0 Å². The van der Waals surface area contributed by atoms with E-state index in [1.54, 1.807) is 0 Å². The van der Waals surface area contributed by atoms with Crippen LogP contribution in [0.4, 0.5) is 19.0 Å². The first kappa shape index (κ1) is 12.1. The fourth-order valence-electron chi connectivity index (χ4n) is 2.06. The van der Waals surface area contributed by atoms with Crippen molar-refractivity contribution < 1.29 is 13.2 Å². The number of hydrogen-bond donors (Lipinski definition) is 1. The largest absolute Gasteiger partial charge is 0.396 e. The van der Waals surface area contributed by atoms with Crippen LogP contribution in [0.5, 0.6) is 0 Å². The smallest absolute Gasteiger partial charge is 0.370 e. The average Bonchev–Trinajstić information content (AvgIpc) is 2.63. The normalized spacial score (nSPS) is 14.8. The van der Waals surface area contributed by atoms with Crippen molar-refractivity contribution >= 4 is 5.82 Å². The van der Waals surface area contributed by atoms with E-state index in [0.717, 1.165) is 30.5 Å². The molecule has 0 radical (unpaired) electrons. The molecule has 94 valence electrons. The fraction of sp³-hybridized carbons (Fsp3) is 0.636. The summed E-state index contributed by atoms with van der Waals surface area (Å²) in [5.41, 5.74) is 1.76. The first-order valence-electron chi connectivity index (χ1n) is 5.69. The van der Waals surface area contributed by atoms with Gasteiger partial charge in [-0.05, 0) is 26.2 Å². The van der Waals surface area contributed by atoms with Crippen molar-refractivity contribution in [3.05, 3.63) is 17.1 Å². The van der Waals surface area contributed by atoms with Crippen LogP contribution in [0.2, 0.25) is 0 Å². The minimum absolute atomic E-state index is 0.130. The maximum atomic E-state index is 12.3. The molecule has 0 spiro atoms. The average molecular weight is 245 g/mol. The molecule has 6 heteroatoms. The SMILES string of the molecule is CCNc1nc(CC(F)(F)F)nc2c1CCC2. The van der Waals surface area contributed by atoms with Gasteiger partial charge in [0, 0.05) is 17.8 Å². The molecule has 0 fully saturated rings. The van der Waals surface area contributed by atoms with Crippen molar-refractivity contribution in [2.45, 2.75) is 38.8 Å². The number of aryl methyl sites for hydroxylation is 1. The number of rotatable bonds is 3. The second kappa shape index (κ2) is 4.50. The Hall–Kier alpha value is -1.33. The molecular formula is C11H14F3N3. The highest BCUT2D eigenvalue weighted by Crippen LogP contribution is 2.28. The first-order chi connectivity index (χ1) is 7.99. The van der Waals surface area contributed by atoms with Gasteiger partial charge in [0.15, 0.2) is 0 Å². The van der Waals surface area contributed by atoms with Crippen molar-refractivity contribution in [3.63, 3.8) is 0 Å². The molecule has 1 aromatic heterocycles. The van der Waals surface area contributed by atoms with Crippen LogP contribution in [0.15, 0.2) is 0 Å². The molecule has 17 heavy (non-hydrogen) atoms. The molecule has 0 amide bonds. The van der Waals surface area contributed by atoms with Crippen molar-refractivity contribution in [2.75, 3.05) is 11.9 Å². The summed E-state index contributed by atoms with van der Waals surface area (Å²) in [4.78, 5) is 7.99. The molecule has 2 rings (SSSR count). The van der Waals surface area contributed by atoms with E-state index in [9.17, 15) is 13.2 Å². The van der Waals surface area contributed by atoms with Gasteiger partial charge in [-0.25, -0.2) is 9.97 Å². The molecule has 0 atom stereocenters. The van der Waals surface area contributed by atoms with Crippen LogP contribution in [0.25, 0.3) is 0 Å². The lowest BCUT2D eigenvalue weighted by molar-refractivity contribution is -0.128. The van der Waals surface area contributed by atoms with Gasteiger partial charge < -0.3 is 5.32 Å². The number of hydrogen-bond acceptors (Lipinski definition) is 3. The van der Waals surface area contributed by atoms with Gasteiger partial charge in [0.25, 0.3) is 0 Å². The Kier molecular flexibility index (Phi) is 3.22. The van der Waals surface area contributed by atoms with Crippen LogP contribution in [0.1, 0.15) is 30.4 Å². The van der Waals surface area contributed by atoms with Gasteiger partial charge in [0.2, 0.25) is 0 Å². The van der Waals surface area contributed by atoms with Gasteiger partial charge in [-0.1, -0.05) is 0 Å². The van der Waals surface area contributed by atoms with Crippen LogP contribution in [0.3, 0.4) is 0 Å². The zero-order chi connectivity index (χ0) is 12.5. The molecule has 1 aromatic rings. The minimum Gasteiger partial charge on any atom is -0.370 e. The fourth-order valence-corrected chi connectivity index (χ4v) is 2.06. The van der Waals surface area contributed by atoms with Gasteiger partial charge in [0.1, 0.15) is 18.1 Å². The van der Waals surface area contributed by atoms with E-state index in [0.29, 0.717) is 12.4 Å². The highest BCUT2D eigenvalue weighted by atomic mass is 19.4. The molecule has 0 saturated carbocycles. The van der Waals surface area contributed by atoms with E-state index < -0.39 is 12.6 Å². The van der Waals surface area contributed by atoms with Gasteiger partial charge in [-0.3, -0.25) is 0 Å². The minimum atomic E-state index is -4.25. The second-order valence-electron chi connectivity index (χ2n) is 4.09. The quantitative estimate of drug-likeness (QED) is 0.889. The topological polar surface area (TPSA) is 37.8 Å². The maximum absolute atomic E-state index is 12.3. The predicted molar refractivity (Wildman–Crippen MR) is 58.0 cm³/mol. The third-order valence-corrected chi connectivity index (χ3v) is 2.68. The highest BCUT2D eigenvalue weighted by Gasteiger charge is 2.30. The Balaban J connectivity index is 2.32. The number of nitrogens with one attached hydrogen (secondary N) is 1. The Morgan fingerprint density at radius 2 is 2.00 bits per heavy atom. The van der Waals surface area contributed by atoms with Crippen molar-refractivity contribution in [1.82, 2.24) is 9.97 Å². The summed E-state index contributed by atoms with van der Waals surface area (Å²) >= 11 is 0. The number of nitrogens with zero attached hydrogens (tertiary/aromatic N) is 2. The molecule has 0 aromatic carbocycles. The van der Waals surface area contributed by atoms with Crippen molar-refractivity contribution in [1.29, 1.82) is 0 Å². The van der Waals surface area contributed by atoms with Gasteiger partial charge in [-0.15, -0.1) is 0 Å². The summed E-state index contributed by atoms with van der Waals surface area (Å²) < 4.78 is 36.9. The number of alkyl halides is 3. The van der Waals surface area contributed by atoms with E-state index in [4.69, 9.17) is 0 Å². The zero-order valence-electron chi connectivity index (χ0n) is 9.56. The van der Waals surface area contributed by atoms with Crippen molar-refractivity contribution in [2.24, 2.45) is 0 Å². The highest BCUT2D eigenvalue weighted by molar-refractivity contribution is 5.48. The molecule has 0 unspecified atom stereocenters. The number of anilines is 1. The zero-order valence-corrected chi connectivity index (χ0v) is 9.56. The van der Waals surface area contributed by atoms with E-state index in [1.807, 2.05) is 6.92 Å². The lowest BCUT2D eigenvalue weighted by Gasteiger charge is -2.11. The summed E-state index contributed by atoms with van der Waals surface area (Å²) in [6.45, 7) is 2.54. The van der Waals surface area contributed by atoms with Crippen LogP contribution < -0.4 is 5.32 Å². The molecule has 0 saturated heterocycles. The summed E-state index contributed by atoms with van der Waals surface area (Å²) in [5.74, 6) is 0.448. The lowest BCUT2D eigenvalue weighted by atomic mass is 10.2.